The van der Waals surface area contributed by atoms with Gasteiger partial charge in [0.2, 0.25) is 5.91 Å². The van der Waals surface area contributed by atoms with Gasteiger partial charge in [-0.2, -0.15) is 0 Å². The standard InChI is InChI=1S/C13H14BrN5O/c1-6-9-5-12(15-7(2)20)11(14)4-8(9)3-10(6)13-16-18-19-17-13/h4-6,10H,3H2,1-2H3,(H,15,20)(H,16,17,18,19). The summed E-state index contributed by atoms with van der Waals surface area (Å²) in [6.45, 7) is 3.66. The third kappa shape index (κ3) is 2.22. The molecular weight excluding hydrogens is 322 g/mol. The van der Waals surface area contributed by atoms with Gasteiger partial charge < -0.3 is 5.32 Å². The minimum Gasteiger partial charge on any atom is -0.325 e. The van der Waals surface area contributed by atoms with Gasteiger partial charge in [0.15, 0.2) is 5.82 Å². The monoisotopic (exact) mass is 335 g/mol. The summed E-state index contributed by atoms with van der Waals surface area (Å²) in [6.07, 6.45) is 0.895. The molecular formula is C13H14BrN5O. The summed E-state index contributed by atoms with van der Waals surface area (Å²) in [6, 6.07) is 4.11. The fourth-order valence-corrected chi connectivity index (χ4v) is 3.29. The second kappa shape index (κ2) is 4.97. The number of halogens is 1. The summed E-state index contributed by atoms with van der Waals surface area (Å²) in [7, 11) is 0. The molecule has 2 unspecified atom stereocenters. The predicted octanol–water partition coefficient (Wildman–Crippen LogP) is 2.36. The second-order valence-corrected chi connectivity index (χ2v) is 5.95. The number of amides is 1. The number of nitrogens with one attached hydrogen (secondary N) is 2. The van der Waals surface area contributed by atoms with Crippen LogP contribution in [0.5, 0.6) is 0 Å². The number of tetrazole rings is 1. The van der Waals surface area contributed by atoms with E-state index in [4.69, 9.17) is 0 Å². The summed E-state index contributed by atoms with van der Waals surface area (Å²) in [5.41, 5.74) is 3.30. The lowest BCUT2D eigenvalue weighted by molar-refractivity contribution is -0.114. The Kier molecular flexibility index (Phi) is 3.29. The zero-order valence-electron chi connectivity index (χ0n) is 11.1. The lowest BCUT2D eigenvalue weighted by atomic mass is 9.94. The average Bonchev–Trinajstić information content (AvgIpc) is 2.99. The summed E-state index contributed by atoms with van der Waals surface area (Å²) in [4.78, 5) is 11.2. The molecule has 1 amide bonds. The fourth-order valence-electron chi connectivity index (χ4n) is 2.80. The van der Waals surface area contributed by atoms with E-state index in [-0.39, 0.29) is 11.8 Å². The highest BCUT2D eigenvalue weighted by Gasteiger charge is 2.33. The van der Waals surface area contributed by atoms with Gasteiger partial charge in [-0.15, -0.1) is 5.10 Å². The number of H-pyrrole nitrogens is 1. The number of fused-ring (bicyclic) bond motifs is 1. The first-order chi connectivity index (χ1) is 9.56. The third-order valence-corrected chi connectivity index (χ3v) is 4.44. The van der Waals surface area contributed by atoms with E-state index in [1.165, 1.54) is 18.1 Å². The number of hydrogen-bond donors (Lipinski definition) is 2. The molecule has 0 saturated carbocycles. The molecule has 0 aliphatic heterocycles. The molecule has 6 nitrogen and oxygen atoms in total. The summed E-state index contributed by atoms with van der Waals surface area (Å²) < 4.78 is 0.898. The average molecular weight is 336 g/mol. The number of carbonyl (C=O) groups is 1. The predicted molar refractivity (Wildman–Crippen MR) is 77.5 cm³/mol. The summed E-state index contributed by atoms with van der Waals surface area (Å²) in [5, 5.41) is 17.0. The molecule has 0 fully saturated rings. The maximum absolute atomic E-state index is 11.2. The fraction of sp³-hybridized carbons (Fsp3) is 0.385. The number of aromatic nitrogens is 4. The minimum atomic E-state index is -0.0766. The van der Waals surface area contributed by atoms with Crippen LogP contribution in [0.4, 0.5) is 5.69 Å². The number of anilines is 1. The third-order valence-electron chi connectivity index (χ3n) is 3.79. The molecule has 104 valence electrons. The molecule has 7 heteroatoms. The Morgan fingerprint density at radius 1 is 1.50 bits per heavy atom. The summed E-state index contributed by atoms with van der Waals surface area (Å²) in [5.74, 6) is 1.29. The van der Waals surface area contributed by atoms with Crippen molar-refractivity contribution in [3.05, 3.63) is 33.6 Å². The van der Waals surface area contributed by atoms with Crippen LogP contribution in [0.3, 0.4) is 0 Å². The highest BCUT2D eigenvalue weighted by Crippen LogP contribution is 2.45. The van der Waals surface area contributed by atoms with E-state index < -0.39 is 0 Å². The number of hydrogen-bond acceptors (Lipinski definition) is 4. The van der Waals surface area contributed by atoms with E-state index in [1.807, 2.05) is 6.07 Å². The van der Waals surface area contributed by atoms with E-state index in [9.17, 15) is 4.79 Å². The quantitative estimate of drug-likeness (QED) is 0.882. The van der Waals surface area contributed by atoms with Crippen molar-refractivity contribution in [1.82, 2.24) is 20.6 Å². The molecule has 0 spiro atoms. The zero-order chi connectivity index (χ0) is 14.3. The van der Waals surface area contributed by atoms with Crippen molar-refractivity contribution in [2.24, 2.45) is 0 Å². The SMILES string of the molecule is CC(=O)Nc1cc2c(cc1Br)CC(c1nnn[nH]1)C2C. The Morgan fingerprint density at radius 2 is 2.30 bits per heavy atom. The van der Waals surface area contributed by atoms with Crippen molar-refractivity contribution in [1.29, 1.82) is 0 Å². The van der Waals surface area contributed by atoms with E-state index >= 15 is 0 Å². The van der Waals surface area contributed by atoms with Crippen molar-refractivity contribution in [2.45, 2.75) is 32.1 Å². The summed E-state index contributed by atoms with van der Waals surface area (Å²) >= 11 is 3.50. The zero-order valence-corrected chi connectivity index (χ0v) is 12.7. The van der Waals surface area contributed by atoms with Gasteiger partial charge in [-0.3, -0.25) is 4.79 Å². The van der Waals surface area contributed by atoms with Gasteiger partial charge in [0.05, 0.1) is 5.69 Å². The van der Waals surface area contributed by atoms with Crippen LogP contribution in [0.2, 0.25) is 0 Å². The van der Waals surface area contributed by atoms with Crippen LogP contribution in [0.25, 0.3) is 0 Å². The van der Waals surface area contributed by atoms with Crippen LogP contribution in [-0.2, 0) is 11.2 Å². The van der Waals surface area contributed by atoms with E-state index in [0.29, 0.717) is 5.92 Å². The van der Waals surface area contributed by atoms with E-state index in [2.05, 4.69) is 54.9 Å². The molecule has 1 aromatic heterocycles. The number of rotatable bonds is 2. The first-order valence-electron chi connectivity index (χ1n) is 6.39. The van der Waals surface area contributed by atoms with Gasteiger partial charge in [-0.1, -0.05) is 6.92 Å². The van der Waals surface area contributed by atoms with Crippen LogP contribution < -0.4 is 5.32 Å². The van der Waals surface area contributed by atoms with Gasteiger partial charge in [-0.05, 0) is 62.0 Å². The van der Waals surface area contributed by atoms with Gasteiger partial charge in [-0.25, -0.2) is 5.10 Å². The Hall–Kier alpha value is -1.76. The van der Waals surface area contributed by atoms with E-state index in [1.54, 1.807) is 0 Å². The van der Waals surface area contributed by atoms with Crippen molar-refractivity contribution in [3.8, 4) is 0 Å². The van der Waals surface area contributed by atoms with Crippen molar-refractivity contribution >= 4 is 27.5 Å². The highest BCUT2D eigenvalue weighted by molar-refractivity contribution is 9.10. The largest absolute Gasteiger partial charge is 0.325 e. The van der Waals surface area contributed by atoms with Gasteiger partial charge in [0.25, 0.3) is 0 Å². The Bertz CT molecular complexity index is 655. The number of aromatic amines is 1. The van der Waals surface area contributed by atoms with Crippen LogP contribution in [0.15, 0.2) is 16.6 Å². The number of nitrogens with zero attached hydrogens (tertiary/aromatic N) is 3. The topological polar surface area (TPSA) is 83.6 Å². The van der Waals surface area contributed by atoms with Gasteiger partial charge in [0, 0.05) is 17.3 Å². The van der Waals surface area contributed by atoms with Crippen LogP contribution in [0.1, 0.15) is 42.6 Å². The second-order valence-electron chi connectivity index (χ2n) is 5.10. The molecule has 2 N–H and O–H groups in total. The first kappa shape index (κ1) is 13.2. The number of carbonyl (C=O) groups excluding carboxylic acids is 1. The normalized spacial score (nSPS) is 20.8. The molecule has 1 aliphatic carbocycles. The maximum atomic E-state index is 11.2. The van der Waals surface area contributed by atoms with Crippen LogP contribution >= 0.6 is 15.9 Å². The molecule has 0 radical (unpaired) electrons. The Morgan fingerprint density at radius 3 is 2.95 bits per heavy atom. The molecule has 1 heterocycles. The lowest BCUT2D eigenvalue weighted by Gasteiger charge is -2.13. The molecule has 1 aromatic carbocycles. The molecule has 0 bridgehead atoms. The molecule has 3 rings (SSSR count). The Balaban J connectivity index is 1.97. The molecule has 2 atom stereocenters. The highest BCUT2D eigenvalue weighted by atomic mass is 79.9. The van der Waals surface area contributed by atoms with E-state index in [0.717, 1.165) is 22.4 Å². The van der Waals surface area contributed by atoms with Crippen molar-refractivity contribution in [2.75, 3.05) is 5.32 Å². The number of benzene rings is 1. The Labute approximate surface area is 124 Å². The first-order valence-corrected chi connectivity index (χ1v) is 7.19. The van der Waals surface area contributed by atoms with Gasteiger partial charge >= 0.3 is 0 Å². The van der Waals surface area contributed by atoms with Gasteiger partial charge in [0.1, 0.15) is 0 Å². The van der Waals surface area contributed by atoms with Crippen molar-refractivity contribution in [3.63, 3.8) is 0 Å². The molecule has 1 aliphatic rings. The lowest BCUT2D eigenvalue weighted by Crippen LogP contribution is -2.07. The van der Waals surface area contributed by atoms with Crippen LogP contribution in [0, 0.1) is 0 Å². The molecule has 0 saturated heterocycles. The maximum Gasteiger partial charge on any atom is 0.221 e. The van der Waals surface area contributed by atoms with Crippen molar-refractivity contribution < 1.29 is 4.79 Å². The molecule has 20 heavy (non-hydrogen) atoms. The molecule has 2 aromatic rings. The van der Waals surface area contributed by atoms with Crippen LogP contribution in [-0.4, -0.2) is 26.5 Å². The minimum absolute atomic E-state index is 0.0766. The smallest absolute Gasteiger partial charge is 0.221 e.